The van der Waals surface area contributed by atoms with Gasteiger partial charge in [-0.25, -0.2) is 0 Å². The third-order valence-corrected chi connectivity index (χ3v) is 2.17. The summed E-state index contributed by atoms with van der Waals surface area (Å²) in [4.78, 5) is 0. The third kappa shape index (κ3) is 4.04. The zero-order valence-corrected chi connectivity index (χ0v) is 7.95. The maximum absolute atomic E-state index is 9.60. The average Bonchev–Trinajstić information content (AvgIpc) is 2.00. The second kappa shape index (κ2) is 5.51. The Morgan fingerprint density at radius 3 is 2.42 bits per heavy atom. The van der Waals surface area contributed by atoms with Crippen molar-refractivity contribution in [3.05, 3.63) is 0 Å². The normalized spacial score (nSPS) is 18.8. The molecule has 0 radical (unpaired) electrons. The van der Waals surface area contributed by atoms with Gasteiger partial charge in [0.05, 0.1) is 11.7 Å². The standard InChI is InChI=1S/C9H20O3/c1-3-4-5-8(11)9(2,12)6-7-10/h8,10-12H,3-7H2,1-2H3. The quantitative estimate of drug-likeness (QED) is 0.557. The number of rotatable bonds is 6. The first-order valence-corrected chi connectivity index (χ1v) is 4.56. The van der Waals surface area contributed by atoms with E-state index < -0.39 is 11.7 Å². The van der Waals surface area contributed by atoms with Crippen molar-refractivity contribution in [1.82, 2.24) is 0 Å². The maximum atomic E-state index is 9.60. The molecule has 0 aliphatic carbocycles. The van der Waals surface area contributed by atoms with E-state index in [1.54, 1.807) is 6.92 Å². The van der Waals surface area contributed by atoms with Crippen LogP contribution in [0, 0.1) is 0 Å². The highest BCUT2D eigenvalue weighted by atomic mass is 16.3. The molecule has 74 valence electrons. The smallest absolute Gasteiger partial charge is 0.0899 e. The van der Waals surface area contributed by atoms with Crippen LogP contribution in [0.3, 0.4) is 0 Å². The summed E-state index contributed by atoms with van der Waals surface area (Å²) in [5, 5.41) is 27.7. The minimum atomic E-state index is -1.13. The van der Waals surface area contributed by atoms with Crippen molar-refractivity contribution >= 4 is 0 Å². The van der Waals surface area contributed by atoms with E-state index in [0.29, 0.717) is 6.42 Å². The van der Waals surface area contributed by atoms with Gasteiger partial charge in [0.2, 0.25) is 0 Å². The molecule has 0 rings (SSSR count). The highest BCUT2D eigenvalue weighted by Crippen LogP contribution is 2.18. The van der Waals surface area contributed by atoms with Gasteiger partial charge in [-0.3, -0.25) is 0 Å². The third-order valence-electron chi connectivity index (χ3n) is 2.17. The molecule has 3 nitrogen and oxygen atoms in total. The summed E-state index contributed by atoms with van der Waals surface area (Å²) in [6.07, 6.45) is 2.03. The highest BCUT2D eigenvalue weighted by Gasteiger charge is 2.28. The molecule has 0 aromatic rings. The van der Waals surface area contributed by atoms with Gasteiger partial charge in [0, 0.05) is 13.0 Å². The van der Waals surface area contributed by atoms with E-state index in [0.717, 1.165) is 12.8 Å². The molecule has 12 heavy (non-hydrogen) atoms. The van der Waals surface area contributed by atoms with Crippen LogP contribution in [0.4, 0.5) is 0 Å². The van der Waals surface area contributed by atoms with Crippen molar-refractivity contribution in [3.8, 4) is 0 Å². The second-order valence-corrected chi connectivity index (χ2v) is 3.49. The lowest BCUT2D eigenvalue weighted by molar-refractivity contribution is -0.0776. The summed E-state index contributed by atoms with van der Waals surface area (Å²) in [7, 11) is 0. The molecular weight excluding hydrogens is 156 g/mol. The summed E-state index contributed by atoms with van der Waals surface area (Å²) >= 11 is 0. The van der Waals surface area contributed by atoms with Crippen molar-refractivity contribution in [2.75, 3.05) is 6.61 Å². The lowest BCUT2D eigenvalue weighted by Crippen LogP contribution is -2.40. The SMILES string of the molecule is CCCCC(O)C(C)(O)CCO. The fraction of sp³-hybridized carbons (Fsp3) is 1.00. The Morgan fingerprint density at radius 2 is 2.00 bits per heavy atom. The van der Waals surface area contributed by atoms with Gasteiger partial charge in [0.15, 0.2) is 0 Å². The summed E-state index contributed by atoms with van der Waals surface area (Å²) < 4.78 is 0. The number of unbranched alkanes of at least 4 members (excludes halogenated alkanes) is 1. The Hall–Kier alpha value is -0.120. The molecule has 0 aliphatic heterocycles. The molecule has 0 aromatic carbocycles. The van der Waals surface area contributed by atoms with Gasteiger partial charge >= 0.3 is 0 Å². The number of hydrogen-bond acceptors (Lipinski definition) is 3. The van der Waals surface area contributed by atoms with E-state index in [4.69, 9.17) is 5.11 Å². The van der Waals surface area contributed by atoms with E-state index >= 15 is 0 Å². The van der Waals surface area contributed by atoms with Crippen LogP contribution in [0.5, 0.6) is 0 Å². The van der Waals surface area contributed by atoms with Crippen LogP contribution in [-0.2, 0) is 0 Å². The molecule has 2 unspecified atom stereocenters. The topological polar surface area (TPSA) is 60.7 Å². The fourth-order valence-corrected chi connectivity index (χ4v) is 1.10. The zero-order chi connectivity index (χ0) is 9.61. The molecule has 0 aliphatic rings. The minimum Gasteiger partial charge on any atom is -0.396 e. The number of aliphatic hydroxyl groups excluding tert-OH is 2. The molecule has 2 atom stereocenters. The average molecular weight is 176 g/mol. The van der Waals surface area contributed by atoms with Gasteiger partial charge < -0.3 is 15.3 Å². The lowest BCUT2D eigenvalue weighted by Gasteiger charge is -2.28. The van der Waals surface area contributed by atoms with Crippen LogP contribution < -0.4 is 0 Å². The van der Waals surface area contributed by atoms with Crippen molar-refractivity contribution in [3.63, 3.8) is 0 Å². The molecule has 0 heterocycles. The van der Waals surface area contributed by atoms with Crippen LogP contribution in [-0.4, -0.2) is 33.6 Å². The summed E-state index contributed by atoms with van der Waals surface area (Å²) in [5.74, 6) is 0. The maximum Gasteiger partial charge on any atom is 0.0899 e. The Morgan fingerprint density at radius 1 is 1.42 bits per heavy atom. The van der Waals surface area contributed by atoms with Gasteiger partial charge in [-0.2, -0.15) is 0 Å². The van der Waals surface area contributed by atoms with Gasteiger partial charge in [-0.1, -0.05) is 19.8 Å². The van der Waals surface area contributed by atoms with Crippen LogP contribution in [0.1, 0.15) is 39.5 Å². The first-order chi connectivity index (χ1) is 5.54. The van der Waals surface area contributed by atoms with Gasteiger partial charge in [0.1, 0.15) is 0 Å². The molecule has 3 heteroatoms. The van der Waals surface area contributed by atoms with Gasteiger partial charge in [-0.15, -0.1) is 0 Å². The van der Waals surface area contributed by atoms with E-state index in [-0.39, 0.29) is 13.0 Å². The zero-order valence-electron chi connectivity index (χ0n) is 7.95. The highest BCUT2D eigenvalue weighted by molar-refractivity contribution is 4.80. The minimum absolute atomic E-state index is 0.0871. The molecule has 3 N–H and O–H groups in total. The van der Waals surface area contributed by atoms with Crippen LogP contribution in [0.2, 0.25) is 0 Å². The predicted molar refractivity (Wildman–Crippen MR) is 47.9 cm³/mol. The van der Waals surface area contributed by atoms with Crippen molar-refractivity contribution in [2.45, 2.75) is 51.2 Å². The van der Waals surface area contributed by atoms with Crippen LogP contribution in [0.25, 0.3) is 0 Å². The van der Waals surface area contributed by atoms with Gasteiger partial charge in [-0.05, 0) is 13.3 Å². The predicted octanol–water partition coefficient (Wildman–Crippen LogP) is 0.671. The van der Waals surface area contributed by atoms with Gasteiger partial charge in [0.25, 0.3) is 0 Å². The number of hydrogen-bond donors (Lipinski definition) is 3. The lowest BCUT2D eigenvalue weighted by atomic mass is 9.92. The fourth-order valence-electron chi connectivity index (χ4n) is 1.10. The van der Waals surface area contributed by atoms with E-state index in [1.165, 1.54) is 0 Å². The van der Waals surface area contributed by atoms with Crippen LogP contribution in [0.15, 0.2) is 0 Å². The molecule has 0 fully saturated rings. The molecule has 0 bridgehead atoms. The van der Waals surface area contributed by atoms with Crippen molar-refractivity contribution < 1.29 is 15.3 Å². The first kappa shape index (κ1) is 11.9. The Balaban J connectivity index is 3.79. The van der Waals surface area contributed by atoms with Crippen molar-refractivity contribution in [2.24, 2.45) is 0 Å². The second-order valence-electron chi connectivity index (χ2n) is 3.49. The summed E-state index contributed by atoms with van der Waals surface area (Å²) in [6.45, 7) is 3.51. The Labute approximate surface area is 74.0 Å². The monoisotopic (exact) mass is 176 g/mol. The van der Waals surface area contributed by atoms with E-state index in [9.17, 15) is 10.2 Å². The van der Waals surface area contributed by atoms with E-state index in [2.05, 4.69) is 0 Å². The molecular formula is C9H20O3. The first-order valence-electron chi connectivity index (χ1n) is 4.56. The molecule has 0 spiro atoms. The number of aliphatic hydroxyl groups is 3. The van der Waals surface area contributed by atoms with Crippen LogP contribution >= 0.6 is 0 Å². The Bertz CT molecular complexity index is 112. The summed E-state index contributed by atoms with van der Waals surface area (Å²) in [5.41, 5.74) is -1.13. The van der Waals surface area contributed by atoms with E-state index in [1.807, 2.05) is 6.92 Å². The van der Waals surface area contributed by atoms with Crippen molar-refractivity contribution in [1.29, 1.82) is 0 Å². The molecule has 0 saturated carbocycles. The molecule has 0 aromatic heterocycles. The molecule has 0 amide bonds. The summed E-state index contributed by atoms with van der Waals surface area (Å²) in [6, 6.07) is 0. The molecule has 0 saturated heterocycles. The Kier molecular flexibility index (Phi) is 5.46. The largest absolute Gasteiger partial charge is 0.396 e.